The van der Waals surface area contributed by atoms with Crippen molar-refractivity contribution in [2.24, 2.45) is 0 Å². The number of hydrogen-bond acceptors (Lipinski definition) is 3. The number of aromatic nitrogens is 2. The average Bonchev–Trinajstić information content (AvgIpc) is 2.56. The second kappa shape index (κ2) is 5.90. The smallest absolute Gasteiger partial charge is 0.258 e. The third-order valence-corrected chi connectivity index (χ3v) is 3.69. The van der Waals surface area contributed by atoms with Gasteiger partial charge in [-0.3, -0.25) is 9.36 Å². The Morgan fingerprint density at radius 3 is 2.22 bits per heavy atom. The van der Waals surface area contributed by atoms with E-state index in [9.17, 15) is 4.79 Å². The quantitative estimate of drug-likeness (QED) is 0.729. The monoisotopic (exact) mass is 301 g/mol. The van der Waals surface area contributed by atoms with Gasteiger partial charge in [0.05, 0.1) is 23.0 Å². The van der Waals surface area contributed by atoms with E-state index in [2.05, 4.69) is 11.1 Å². The van der Waals surface area contributed by atoms with Gasteiger partial charge >= 0.3 is 0 Å². The van der Waals surface area contributed by atoms with Crippen LogP contribution in [0.15, 0.2) is 59.4 Å². The van der Waals surface area contributed by atoms with Crippen LogP contribution in [0.5, 0.6) is 0 Å². The van der Waals surface area contributed by atoms with Crippen LogP contribution in [-0.4, -0.2) is 9.55 Å². The lowest BCUT2D eigenvalue weighted by Crippen LogP contribution is -2.21. The highest BCUT2D eigenvalue weighted by atomic mass is 16.1. The van der Waals surface area contributed by atoms with Crippen molar-refractivity contribution in [3.8, 4) is 23.0 Å². The van der Waals surface area contributed by atoms with E-state index in [1.54, 1.807) is 28.8 Å². The molecule has 0 amide bonds. The van der Waals surface area contributed by atoms with E-state index in [-0.39, 0.29) is 5.56 Å². The molecule has 0 bridgehead atoms. The zero-order valence-corrected chi connectivity index (χ0v) is 12.9. The summed E-state index contributed by atoms with van der Waals surface area (Å²) in [5, 5.41) is 8.85. The minimum Gasteiger partial charge on any atom is -0.269 e. The van der Waals surface area contributed by atoms with Gasteiger partial charge in [-0.15, -0.1) is 0 Å². The maximum Gasteiger partial charge on any atom is 0.258 e. The predicted octanol–water partition coefficient (Wildman–Crippen LogP) is 3.39. The first-order valence-electron chi connectivity index (χ1n) is 7.27. The van der Waals surface area contributed by atoms with E-state index < -0.39 is 0 Å². The molecule has 3 aromatic rings. The molecule has 4 heteroatoms. The number of hydrogen-bond donors (Lipinski definition) is 0. The molecular weight excluding hydrogens is 286 g/mol. The molecule has 0 unspecified atom stereocenters. The molecule has 0 atom stereocenters. The van der Waals surface area contributed by atoms with Crippen LogP contribution in [0.2, 0.25) is 0 Å². The van der Waals surface area contributed by atoms with Gasteiger partial charge in [-0.2, -0.15) is 5.26 Å². The fourth-order valence-corrected chi connectivity index (χ4v) is 2.47. The second-order valence-electron chi connectivity index (χ2n) is 5.39. The van der Waals surface area contributed by atoms with Crippen molar-refractivity contribution < 1.29 is 0 Å². The maximum absolute atomic E-state index is 12.5. The standard InChI is InChI=1S/C19H15N3O/c1-13-3-9-17(10-4-13)22-14(2)21-18(11-19(22)23)16-7-5-15(12-20)6-8-16/h3-11H,1-2H3. The zero-order valence-electron chi connectivity index (χ0n) is 12.9. The van der Waals surface area contributed by atoms with Crippen LogP contribution in [0.4, 0.5) is 0 Å². The molecule has 0 radical (unpaired) electrons. The fourth-order valence-electron chi connectivity index (χ4n) is 2.47. The lowest BCUT2D eigenvalue weighted by atomic mass is 10.1. The summed E-state index contributed by atoms with van der Waals surface area (Å²) in [6.07, 6.45) is 0. The molecule has 0 aliphatic rings. The summed E-state index contributed by atoms with van der Waals surface area (Å²) in [5.41, 5.74) is 3.83. The van der Waals surface area contributed by atoms with Crippen molar-refractivity contribution in [1.29, 1.82) is 5.26 Å². The van der Waals surface area contributed by atoms with Crippen LogP contribution >= 0.6 is 0 Å². The first-order valence-corrected chi connectivity index (χ1v) is 7.27. The Balaban J connectivity index is 2.08. The first kappa shape index (κ1) is 14.7. The minimum atomic E-state index is -0.124. The molecule has 0 fully saturated rings. The maximum atomic E-state index is 12.5. The van der Waals surface area contributed by atoms with Gasteiger partial charge in [0.2, 0.25) is 0 Å². The van der Waals surface area contributed by atoms with Gasteiger partial charge in [-0.05, 0) is 38.1 Å². The van der Waals surface area contributed by atoms with Crippen LogP contribution in [0.25, 0.3) is 16.9 Å². The number of rotatable bonds is 2. The zero-order chi connectivity index (χ0) is 16.4. The Labute approximate surface area is 134 Å². The summed E-state index contributed by atoms with van der Waals surface area (Å²) in [6, 6.07) is 18.4. The van der Waals surface area contributed by atoms with Gasteiger partial charge in [-0.1, -0.05) is 29.8 Å². The minimum absolute atomic E-state index is 0.124. The highest BCUT2D eigenvalue weighted by Crippen LogP contribution is 2.17. The van der Waals surface area contributed by atoms with Gasteiger partial charge in [-0.25, -0.2) is 4.98 Å². The molecule has 3 rings (SSSR count). The van der Waals surface area contributed by atoms with Crippen LogP contribution in [0.1, 0.15) is 17.0 Å². The molecule has 0 saturated heterocycles. The molecule has 2 aromatic carbocycles. The topological polar surface area (TPSA) is 58.7 Å². The summed E-state index contributed by atoms with van der Waals surface area (Å²) >= 11 is 0. The number of nitriles is 1. The van der Waals surface area contributed by atoms with E-state index in [4.69, 9.17) is 5.26 Å². The van der Waals surface area contributed by atoms with Gasteiger partial charge in [0, 0.05) is 11.6 Å². The third-order valence-electron chi connectivity index (χ3n) is 3.69. The normalized spacial score (nSPS) is 10.3. The molecule has 0 aliphatic carbocycles. The molecule has 23 heavy (non-hydrogen) atoms. The SMILES string of the molecule is Cc1ccc(-n2c(C)nc(-c3ccc(C#N)cc3)cc2=O)cc1. The Morgan fingerprint density at radius 1 is 1.00 bits per heavy atom. The molecule has 0 saturated carbocycles. The van der Waals surface area contributed by atoms with Crippen LogP contribution in [0.3, 0.4) is 0 Å². The Morgan fingerprint density at radius 2 is 1.65 bits per heavy atom. The average molecular weight is 301 g/mol. The largest absolute Gasteiger partial charge is 0.269 e. The van der Waals surface area contributed by atoms with Crippen LogP contribution in [0, 0.1) is 25.2 Å². The van der Waals surface area contributed by atoms with Gasteiger partial charge in [0.15, 0.2) is 0 Å². The van der Waals surface area contributed by atoms with E-state index >= 15 is 0 Å². The van der Waals surface area contributed by atoms with Crippen molar-refractivity contribution in [2.75, 3.05) is 0 Å². The Kier molecular flexibility index (Phi) is 3.78. The summed E-state index contributed by atoms with van der Waals surface area (Å²) in [4.78, 5) is 17.1. The van der Waals surface area contributed by atoms with Crippen molar-refractivity contribution in [1.82, 2.24) is 9.55 Å². The first-order chi connectivity index (χ1) is 11.1. The molecule has 4 nitrogen and oxygen atoms in total. The molecule has 0 aliphatic heterocycles. The summed E-state index contributed by atoms with van der Waals surface area (Å²) in [5.74, 6) is 0.626. The molecule has 0 spiro atoms. The van der Waals surface area contributed by atoms with Crippen molar-refractivity contribution >= 4 is 0 Å². The lowest BCUT2D eigenvalue weighted by molar-refractivity contribution is 0.873. The lowest BCUT2D eigenvalue weighted by Gasteiger charge is -2.11. The van der Waals surface area contributed by atoms with Crippen molar-refractivity contribution in [2.45, 2.75) is 13.8 Å². The van der Waals surface area contributed by atoms with Crippen molar-refractivity contribution in [3.05, 3.63) is 81.9 Å². The van der Waals surface area contributed by atoms with E-state index in [1.807, 2.05) is 38.1 Å². The molecule has 0 N–H and O–H groups in total. The molecular formula is C19H15N3O. The molecule has 112 valence electrons. The number of benzene rings is 2. The summed E-state index contributed by atoms with van der Waals surface area (Å²) in [6.45, 7) is 3.82. The van der Waals surface area contributed by atoms with Crippen LogP contribution in [-0.2, 0) is 0 Å². The number of nitrogens with zero attached hydrogens (tertiary/aromatic N) is 3. The Hall–Kier alpha value is -3.19. The number of aryl methyl sites for hydroxylation is 2. The predicted molar refractivity (Wildman–Crippen MR) is 89.5 cm³/mol. The second-order valence-corrected chi connectivity index (χ2v) is 5.39. The molecule has 1 aromatic heterocycles. The summed E-state index contributed by atoms with van der Waals surface area (Å²) in [7, 11) is 0. The van der Waals surface area contributed by atoms with E-state index in [0.717, 1.165) is 16.8 Å². The Bertz CT molecular complexity index is 946. The summed E-state index contributed by atoms with van der Waals surface area (Å²) < 4.78 is 1.59. The van der Waals surface area contributed by atoms with E-state index in [1.165, 1.54) is 6.07 Å². The highest BCUT2D eigenvalue weighted by molar-refractivity contribution is 5.60. The van der Waals surface area contributed by atoms with Crippen molar-refractivity contribution in [3.63, 3.8) is 0 Å². The van der Waals surface area contributed by atoms with E-state index in [0.29, 0.717) is 17.1 Å². The van der Waals surface area contributed by atoms with Crippen LogP contribution < -0.4 is 5.56 Å². The molecule has 1 heterocycles. The third kappa shape index (κ3) is 2.90. The van der Waals surface area contributed by atoms with Gasteiger partial charge in [0.25, 0.3) is 5.56 Å². The fraction of sp³-hybridized carbons (Fsp3) is 0.105. The highest BCUT2D eigenvalue weighted by Gasteiger charge is 2.09. The van der Waals surface area contributed by atoms with Gasteiger partial charge < -0.3 is 0 Å². The van der Waals surface area contributed by atoms with Gasteiger partial charge in [0.1, 0.15) is 5.82 Å².